The molecule has 1 atom stereocenters. The summed E-state index contributed by atoms with van der Waals surface area (Å²) in [5.41, 5.74) is 2.79. The molecule has 1 aliphatic rings. The Morgan fingerprint density at radius 1 is 1.10 bits per heavy atom. The first-order valence-electron chi connectivity index (χ1n) is 10.3. The quantitative estimate of drug-likeness (QED) is 0.624. The van der Waals surface area contributed by atoms with Crippen LogP contribution in [0, 0.1) is 6.92 Å². The van der Waals surface area contributed by atoms with Crippen LogP contribution in [0.25, 0.3) is 0 Å². The lowest BCUT2D eigenvalue weighted by Crippen LogP contribution is -2.39. The molecule has 3 heterocycles. The monoisotopic (exact) mass is 438 g/mol. The van der Waals surface area contributed by atoms with Gasteiger partial charge in [0.05, 0.1) is 19.0 Å². The average Bonchev–Trinajstić information content (AvgIpc) is 2.81. The van der Waals surface area contributed by atoms with E-state index in [1.807, 2.05) is 31.2 Å². The van der Waals surface area contributed by atoms with Crippen LogP contribution in [0.4, 0.5) is 11.5 Å². The fourth-order valence-electron chi connectivity index (χ4n) is 3.85. The second-order valence-electron chi connectivity index (χ2n) is 7.62. The SMILES string of the molecule is COc1ccccc1S(=O)(=O)N1CCC[C@@H](c2ccc(Nc3ncccc3C)cn2)C1. The van der Waals surface area contributed by atoms with Gasteiger partial charge in [0.2, 0.25) is 10.0 Å². The number of sulfonamides is 1. The number of hydrogen-bond acceptors (Lipinski definition) is 6. The van der Waals surface area contributed by atoms with Crippen LogP contribution < -0.4 is 10.1 Å². The first-order valence-corrected chi connectivity index (χ1v) is 11.7. The van der Waals surface area contributed by atoms with Gasteiger partial charge in [0.15, 0.2) is 0 Å². The zero-order valence-corrected chi connectivity index (χ0v) is 18.5. The minimum absolute atomic E-state index is 0.0452. The molecular formula is C23H26N4O3S. The van der Waals surface area contributed by atoms with Gasteiger partial charge in [-0.2, -0.15) is 4.31 Å². The molecule has 1 saturated heterocycles. The Morgan fingerprint density at radius 3 is 2.68 bits per heavy atom. The zero-order chi connectivity index (χ0) is 21.8. The van der Waals surface area contributed by atoms with Crippen LogP contribution >= 0.6 is 0 Å². The van der Waals surface area contributed by atoms with E-state index in [0.29, 0.717) is 18.8 Å². The molecule has 162 valence electrons. The number of para-hydroxylation sites is 1. The predicted octanol–water partition coefficient (Wildman–Crippen LogP) is 4.11. The summed E-state index contributed by atoms with van der Waals surface area (Å²) in [6.07, 6.45) is 5.21. The van der Waals surface area contributed by atoms with E-state index in [0.717, 1.165) is 35.6 Å². The summed E-state index contributed by atoms with van der Waals surface area (Å²) >= 11 is 0. The summed E-state index contributed by atoms with van der Waals surface area (Å²) < 4.78 is 33.3. The molecule has 0 amide bonds. The molecule has 8 heteroatoms. The number of ether oxygens (including phenoxy) is 1. The molecule has 0 aliphatic carbocycles. The highest BCUT2D eigenvalue weighted by atomic mass is 32.2. The molecule has 0 saturated carbocycles. The second-order valence-corrected chi connectivity index (χ2v) is 9.53. The van der Waals surface area contributed by atoms with Gasteiger partial charge in [0.1, 0.15) is 16.5 Å². The number of hydrogen-bond donors (Lipinski definition) is 1. The summed E-state index contributed by atoms with van der Waals surface area (Å²) in [5, 5.41) is 3.28. The van der Waals surface area contributed by atoms with Crippen molar-refractivity contribution in [2.24, 2.45) is 0 Å². The first kappa shape index (κ1) is 21.3. The number of aryl methyl sites for hydroxylation is 1. The number of aromatic nitrogens is 2. The Bertz CT molecular complexity index is 1150. The first-order chi connectivity index (χ1) is 15.0. The lowest BCUT2D eigenvalue weighted by molar-refractivity contribution is 0.310. The maximum Gasteiger partial charge on any atom is 0.246 e. The van der Waals surface area contributed by atoms with Gasteiger partial charge in [-0.3, -0.25) is 4.98 Å². The third-order valence-electron chi connectivity index (χ3n) is 5.55. The average molecular weight is 439 g/mol. The Morgan fingerprint density at radius 2 is 1.94 bits per heavy atom. The van der Waals surface area contributed by atoms with Crippen molar-refractivity contribution in [2.75, 3.05) is 25.5 Å². The molecule has 0 unspecified atom stereocenters. The highest BCUT2D eigenvalue weighted by molar-refractivity contribution is 7.89. The Balaban J connectivity index is 1.50. The summed E-state index contributed by atoms with van der Waals surface area (Å²) in [5.74, 6) is 1.20. The standard InChI is InChI=1S/C23H26N4O3S/c1-17-7-5-13-24-23(17)26-19-11-12-20(25-15-19)18-8-6-14-27(16-18)31(28,29)22-10-4-3-9-21(22)30-2/h3-5,7,9-13,15,18H,6,8,14,16H2,1-2H3,(H,24,26)/t18-/m1/s1. The van der Waals surface area contributed by atoms with E-state index in [2.05, 4.69) is 15.3 Å². The molecule has 4 rings (SSSR count). The molecule has 0 radical (unpaired) electrons. The molecular weight excluding hydrogens is 412 g/mol. The smallest absolute Gasteiger partial charge is 0.246 e. The summed E-state index contributed by atoms with van der Waals surface area (Å²) in [6, 6.07) is 14.6. The van der Waals surface area contributed by atoms with Gasteiger partial charge in [-0.05, 0) is 55.7 Å². The fraction of sp³-hybridized carbons (Fsp3) is 0.304. The summed E-state index contributed by atoms with van der Waals surface area (Å²) in [4.78, 5) is 9.16. The summed E-state index contributed by atoms with van der Waals surface area (Å²) in [6.45, 7) is 2.89. The maximum absolute atomic E-state index is 13.2. The third kappa shape index (κ3) is 4.55. The number of benzene rings is 1. The van der Waals surface area contributed by atoms with Crippen molar-refractivity contribution >= 4 is 21.5 Å². The van der Waals surface area contributed by atoms with E-state index in [4.69, 9.17) is 4.74 Å². The van der Waals surface area contributed by atoms with Crippen molar-refractivity contribution in [3.05, 3.63) is 72.2 Å². The largest absolute Gasteiger partial charge is 0.495 e. The van der Waals surface area contributed by atoms with Crippen molar-refractivity contribution in [1.82, 2.24) is 14.3 Å². The minimum Gasteiger partial charge on any atom is -0.495 e. The fourth-order valence-corrected chi connectivity index (χ4v) is 5.53. The Hall–Kier alpha value is -2.97. The van der Waals surface area contributed by atoms with Crippen LogP contribution in [0.15, 0.2) is 65.8 Å². The molecule has 0 spiro atoms. The van der Waals surface area contributed by atoms with Crippen LogP contribution in [-0.4, -0.2) is 42.9 Å². The van der Waals surface area contributed by atoms with Crippen LogP contribution in [0.3, 0.4) is 0 Å². The van der Waals surface area contributed by atoms with Gasteiger partial charge in [0, 0.05) is 30.9 Å². The van der Waals surface area contributed by atoms with Crippen molar-refractivity contribution in [3.63, 3.8) is 0 Å². The highest BCUT2D eigenvalue weighted by Gasteiger charge is 2.33. The maximum atomic E-state index is 13.2. The van der Waals surface area contributed by atoms with E-state index in [1.54, 1.807) is 41.0 Å². The molecule has 3 aromatic rings. The third-order valence-corrected chi connectivity index (χ3v) is 7.45. The zero-order valence-electron chi connectivity index (χ0n) is 17.7. The van der Waals surface area contributed by atoms with Gasteiger partial charge >= 0.3 is 0 Å². The predicted molar refractivity (Wildman–Crippen MR) is 120 cm³/mol. The number of nitrogens with zero attached hydrogens (tertiary/aromatic N) is 3. The van der Waals surface area contributed by atoms with E-state index < -0.39 is 10.0 Å². The second kappa shape index (κ2) is 9.03. The lowest BCUT2D eigenvalue weighted by atomic mass is 9.95. The highest BCUT2D eigenvalue weighted by Crippen LogP contribution is 2.32. The molecule has 1 N–H and O–H groups in total. The van der Waals surface area contributed by atoms with Gasteiger partial charge in [-0.15, -0.1) is 0 Å². The molecule has 2 aromatic heterocycles. The number of pyridine rings is 2. The van der Waals surface area contributed by atoms with Crippen molar-refractivity contribution in [3.8, 4) is 5.75 Å². The van der Waals surface area contributed by atoms with E-state index in [-0.39, 0.29) is 10.8 Å². The number of methoxy groups -OCH3 is 1. The number of anilines is 2. The van der Waals surface area contributed by atoms with Gasteiger partial charge < -0.3 is 10.1 Å². The molecule has 1 aromatic carbocycles. The van der Waals surface area contributed by atoms with E-state index in [9.17, 15) is 8.42 Å². The molecule has 31 heavy (non-hydrogen) atoms. The molecule has 1 fully saturated rings. The molecule has 1 aliphatic heterocycles. The van der Waals surface area contributed by atoms with Crippen LogP contribution in [0.1, 0.15) is 30.0 Å². The van der Waals surface area contributed by atoms with Crippen LogP contribution in [-0.2, 0) is 10.0 Å². The van der Waals surface area contributed by atoms with Crippen LogP contribution in [0.5, 0.6) is 5.75 Å². The van der Waals surface area contributed by atoms with Crippen LogP contribution in [0.2, 0.25) is 0 Å². The normalized spacial score (nSPS) is 17.3. The molecule has 0 bridgehead atoms. The van der Waals surface area contributed by atoms with Crippen molar-refractivity contribution in [2.45, 2.75) is 30.6 Å². The van der Waals surface area contributed by atoms with Crippen molar-refractivity contribution in [1.29, 1.82) is 0 Å². The van der Waals surface area contributed by atoms with E-state index >= 15 is 0 Å². The van der Waals surface area contributed by atoms with Gasteiger partial charge in [-0.1, -0.05) is 18.2 Å². The number of rotatable bonds is 6. The van der Waals surface area contributed by atoms with E-state index in [1.165, 1.54) is 7.11 Å². The number of piperidine rings is 1. The topological polar surface area (TPSA) is 84.4 Å². The minimum atomic E-state index is -3.64. The Labute approximate surface area is 183 Å². The lowest BCUT2D eigenvalue weighted by Gasteiger charge is -2.32. The van der Waals surface area contributed by atoms with Gasteiger partial charge in [0.25, 0.3) is 0 Å². The Kier molecular flexibility index (Phi) is 6.20. The van der Waals surface area contributed by atoms with Gasteiger partial charge in [-0.25, -0.2) is 13.4 Å². The number of nitrogens with one attached hydrogen (secondary N) is 1. The van der Waals surface area contributed by atoms with Crippen molar-refractivity contribution < 1.29 is 13.2 Å². The molecule has 7 nitrogen and oxygen atoms in total. The summed E-state index contributed by atoms with van der Waals surface area (Å²) in [7, 11) is -2.15.